The maximum Gasteiger partial charge on any atom is 0.264 e. The van der Waals surface area contributed by atoms with Gasteiger partial charge in [0.25, 0.3) is 5.56 Å². The molecule has 4 aromatic rings. The summed E-state index contributed by atoms with van der Waals surface area (Å²) in [5.74, 6) is 3.22. The molecule has 4 heteroatoms. The summed E-state index contributed by atoms with van der Waals surface area (Å²) >= 11 is 1.50. The van der Waals surface area contributed by atoms with E-state index in [1.807, 2.05) is 36.6 Å². The minimum absolute atomic E-state index is 0.0898. The second-order valence-corrected chi connectivity index (χ2v) is 7.88. The number of nitrogens with zero attached hydrogens (tertiary/aromatic N) is 2. The Morgan fingerprint density at radius 3 is 2.43 bits per heavy atom. The standard InChI is InChI=1S/C24H20N2OS/c1-5-12-26-22(18-9-6-15(2)7-10-18)25-23-21(24(26)27)20(14-28-23)19-11-8-16(3)17(4)13-19/h1,6-11,13-14H,12H2,2-4H3. The first-order chi connectivity index (χ1) is 13.5. The zero-order valence-corrected chi connectivity index (χ0v) is 16.9. The lowest BCUT2D eigenvalue weighted by Gasteiger charge is -2.11. The summed E-state index contributed by atoms with van der Waals surface area (Å²) in [5, 5.41) is 2.65. The summed E-state index contributed by atoms with van der Waals surface area (Å²) in [6.45, 7) is 6.38. The van der Waals surface area contributed by atoms with E-state index in [0.717, 1.165) is 27.1 Å². The molecule has 0 radical (unpaired) electrons. The van der Waals surface area contributed by atoms with E-state index < -0.39 is 0 Å². The van der Waals surface area contributed by atoms with Crippen molar-refractivity contribution in [2.45, 2.75) is 27.3 Å². The SMILES string of the molecule is C#CCn1c(-c2ccc(C)cc2)nc2scc(-c3ccc(C)c(C)c3)c2c1=O. The summed E-state index contributed by atoms with van der Waals surface area (Å²) in [6.07, 6.45) is 5.57. The summed E-state index contributed by atoms with van der Waals surface area (Å²) in [6, 6.07) is 14.3. The summed E-state index contributed by atoms with van der Waals surface area (Å²) in [5.41, 5.74) is 6.33. The first-order valence-electron chi connectivity index (χ1n) is 9.09. The van der Waals surface area contributed by atoms with Gasteiger partial charge in [-0.15, -0.1) is 17.8 Å². The van der Waals surface area contributed by atoms with Crippen molar-refractivity contribution in [3.63, 3.8) is 0 Å². The van der Waals surface area contributed by atoms with Gasteiger partial charge in [0.1, 0.15) is 10.7 Å². The number of terminal acetylenes is 1. The Kier molecular flexibility index (Phi) is 4.62. The molecular formula is C24H20N2OS. The van der Waals surface area contributed by atoms with Crippen molar-refractivity contribution < 1.29 is 0 Å². The third-order valence-electron chi connectivity index (χ3n) is 5.07. The third-order valence-corrected chi connectivity index (χ3v) is 5.94. The first kappa shape index (κ1) is 18.2. The second-order valence-electron chi connectivity index (χ2n) is 7.03. The molecule has 0 atom stereocenters. The van der Waals surface area contributed by atoms with Crippen molar-refractivity contribution >= 4 is 21.6 Å². The molecule has 0 aliphatic rings. The number of benzene rings is 2. The number of hydrogen-bond donors (Lipinski definition) is 0. The molecule has 0 aliphatic carbocycles. The fourth-order valence-electron chi connectivity index (χ4n) is 3.31. The highest BCUT2D eigenvalue weighted by Crippen LogP contribution is 2.33. The van der Waals surface area contributed by atoms with Crippen molar-refractivity contribution in [3.05, 3.63) is 74.9 Å². The molecule has 28 heavy (non-hydrogen) atoms. The lowest BCUT2D eigenvalue weighted by molar-refractivity contribution is 0.796. The Bertz CT molecular complexity index is 1290. The van der Waals surface area contributed by atoms with Crippen LogP contribution in [0.3, 0.4) is 0 Å². The van der Waals surface area contributed by atoms with Gasteiger partial charge in [-0.2, -0.15) is 0 Å². The fraction of sp³-hybridized carbons (Fsp3) is 0.167. The van der Waals surface area contributed by atoms with Crippen molar-refractivity contribution in [1.29, 1.82) is 0 Å². The fourth-order valence-corrected chi connectivity index (χ4v) is 4.24. The molecule has 0 amide bonds. The van der Waals surface area contributed by atoms with Gasteiger partial charge in [-0.1, -0.05) is 53.9 Å². The molecule has 2 aromatic carbocycles. The van der Waals surface area contributed by atoms with Crippen LogP contribution in [0.25, 0.3) is 32.7 Å². The molecule has 0 fully saturated rings. The highest BCUT2D eigenvalue weighted by Gasteiger charge is 2.18. The minimum atomic E-state index is -0.0898. The lowest BCUT2D eigenvalue weighted by Crippen LogP contribution is -2.23. The zero-order chi connectivity index (χ0) is 19.8. The molecular weight excluding hydrogens is 364 g/mol. The maximum atomic E-state index is 13.4. The zero-order valence-electron chi connectivity index (χ0n) is 16.1. The summed E-state index contributed by atoms with van der Waals surface area (Å²) in [4.78, 5) is 19.0. The van der Waals surface area contributed by atoms with Gasteiger partial charge in [0.2, 0.25) is 0 Å². The maximum absolute atomic E-state index is 13.4. The van der Waals surface area contributed by atoms with E-state index in [0.29, 0.717) is 11.2 Å². The molecule has 2 aromatic heterocycles. The lowest BCUT2D eigenvalue weighted by atomic mass is 10.0. The number of aromatic nitrogens is 2. The van der Waals surface area contributed by atoms with E-state index in [1.165, 1.54) is 22.5 Å². The summed E-state index contributed by atoms with van der Waals surface area (Å²) < 4.78 is 1.60. The molecule has 138 valence electrons. The molecule has 4 rings (SSSR count). The minimum Gasteiger partial charge on any atom is -0.280 e. The molecule has 2 heterocycles. The van der Waals surface area contributed by atoms with E-state index in [9.17, 15) is 4.79 Å². The van der Waals surface area contributed by atoms with Crippen LogP contribution in [0.1, 0.15) is 16.7 Å². The molecule has 0 aliphatic heterocycles. The molecule has 3 nitrogen and oxygen atoms in total. The van der Waals surface area contributed by atoms with Gasteiger partial charge < -0.3 is 0 Å². The monoisotopic (exact) mass is 384 g/mol. The average Bonchev–Trinajstić information content (AvgIpc) is 3.11. The van der Waals surface area contributed by atoms with Gasteiger partial charge in [0.15, 0.2) is 0 Å². The Morgan fingerprint density at radius 1 is 1.04 bits per heavy atom. The topological polar surface area (TPSA) is 34.9 Å². The van der Waals surface area contributed by atoms with Gasteiger partial charge in [-0.25, -0.2) is 4.98 Å². The molecule has 0 saturated carbocycles. The van der Waals surface area contributed by atoms with Crippen LogP contribution in [0.5, 0.6) is 0 Å². The molecule has 0 saturated heterocycles. The van der Waals surface area contributed by atoms with Crippen molar-refractivity contribution in [2.24, 2.45) is 0 Å². The van der Waals surface area contributed by atoms with Gasteiger partial charge in [0.05, 0.1) is 11.9 Å². The largest absolute Gasteiger partial charge is 0.280 e. The number of thiophene rings is 1. The van der Waals surface area contributed by atoms with Gasteiger partial charge in [0, 0.05) is 16.5 Å². The second kappa shape index (κ2) is 7.10. The average molecular weight is 385 g/mol. The normalized spacial score (nSPS) is 10.9. The molecule has 0 N–H and O–H groups in total. The predicted octanol–water partition coefficient (Wildman–Crippen LogP) is 5.35. The number of rotatable bonds is 3. The highest BCUT2D eigenvalue weighted by molar-refractivity contribution is 7.17. The van der Waals surface area contributed by atoms with E-state index in [1.54, 1.807) is 4.57 Å². The van der Waals surface area contributed by atoms with Crippen LogP contribution in [-0.4, -0.2) is 9.55 Å². The van der Waals surface area contributed by atoms with Crippen LogP contribution in [-0.2, 0) is 6.54 Å². The Balaban J connectivity index is 1.99. The van der Waals surface area contributed by atoms with Crippen LogP contribution in [0, 0.1) is 33.1 Å². The quantitative estimate of drug-likeness (QED) is 0.446. The Labute approximate surface area is 168 Å². The van der Waals surface area contributed by atoms with Crippen molar-refractivity contribution in [2.75, 3.05) is 0 Å². The predicted molar refractivity (Wildman–Crippen MR) is 118 cm³/mol. The van der Waals surface area contributed by atoms with Gasteiger partial charge in [-0.05, 0) is 37.5 Å². The van der Waals surface area contributed by atoms with Crippen LogP contribution in [0.15, 0.2) is 52.6 Å². The van der Waals surface area contributed by atoms with Crippen LogP contribution in [0.4, 0.5) is 0 Å². The van der Waals surface area contributed by atoms with E-state index >= 15 is 0 Å². The number of fused-ring (bicyclic) bond motifs is 1. The molecule has 0 spiro atoms. The van der Waals surface area contributed by atoms with E-state index in [4.69, 9.17) is 11.4 Å². The molecule has 0 unspecified atom stereocenters. The van der Waals surface area contributed by atoms with Gasteiger partial charge in [-0.3, -0.25) is 9.36 Å². The highest BCUT2D eigenvalue weighted by atomic mass is 32.1. The van der Waals surface area contributed by atoms with E-state index in [2.05, 4.69) is 38.0 Å². The van der Waals surface area contributed by atoms with Crippen LogP contribution >= 0.6 is 11.3 Å². The number of aryl methyl sites for hydroxylation is 3. The summed E-state index contributed by atoms with van der Waals surface area (Å²) in [7, 11) is 0. The first-order valence-corrected chi connectivity index (χ1v) is 9.97. The van der Waals surface area contributed by atoms with E-state index in [-0.39, 0.29) is 12.1 Å². The van der Waals surface area contributed by atoms with Crippen molar-refractivity contribution in [1.82, 2.24) is 9.55 Å². The molecule has 0 bridgehead atoms. The van der Waals surface area contributed by atoms with Crippen molar-refractivity contribution in [3.8, 4) is 34.9 Å². The van der Waals surface area contributed by atoms with Crippen LogP contribution in [0.2, 0.25) is 0 Å². The smallest absolute Gasteiger partial charge is 0.264 e. The Hall–Kier alpha value is -3.16. The van der Waals surface area contributed by atoms with Gasteiger partial charge >= 0.3 is 0 Å². The number of hydrogen-bond acceptors (Lipinski definition) is 3. The van der Waals surface area contributed by atoms with Crippen LogP contribution < -0.4 is 5.56 Å². The third kappa shape index (κ3) is 3.04. The Morgan fingerprint density at radius 2 is 1.75 bits per heavy atom.